The van der Waals surface area contributed by atoms with Crippen molar-refractivity contribution < 1.29 is 17.6 Å². The average Bonchev–Trinajstić information content (AvgIpc) is 2.83. The number of H-pyrrole nitrogens is 1. The highest BCUT2D eigenvalue weighted by molar-refractivity contribution is 5.27. The second-order valence-corrected chi connectivity index (χ2v) is 4.42. The fourth-order valence-electron chi connectivity index (χ4n) is 1.82. The van der Waals surface area contributed by atoms with Gasteiger partial charge in [-0.25, -0.2) is 9.37 Å². The number of nitrogens with zero attached hydrogens (tertiary/aromatic N) is 3. The lowest BCUT2D eigenvalue weighted by Gasteiger charge is -2.16. The monoisotopic (exact) mass is 288 g/mol. The van der Waals surface area contributed by atoms with Crippen molar-refractivity contribution in [2.45, 2.75) is 19.3 Å². The molecule has 1 N–H and O–H groups in total. The van der Waals surface area contributed by atoms with E-state index in [4.69, 9.17) is 0 Å². The summed E-state index contributed by atoms with van der Waals surface area (Å²) in [5.41, 5.74) is -0.871. The molecule has 1 aromatic heterocycles. The quantitative estimate of drug-likeness (QED) is 0.880. The van der Waals surface area contributed by atoms with E-state index in [1.54, 1.807) is 11.9 Å². The molecule has 0 unspecified atom stereocenters. The summed E-state index contributed by atoms with van der Waals surface area (Å²) in [6, 6.07) is 2.99. The van der Waals surface area contributed by atoms with Gasteiger partial charge in [0.25, 0.3) is 0 Å². The zero-order valence-electron chi connectivity index (χ0n) is 10.6. The predicted octanol–water partition coefficient (Wildman–Crippen LogP) is 2.59. The van der Waals surface area contributed by atoms with Gasteiger partial charge in [-0.15, -0.1) is 0 Å². The van der Waals surface area contributed by atoms with Crippen LogP contribution >= 0.6 is 0 Å². The fourth-order valence-corrected chi connectivity index (χ4v) is 1.82. The van der Waals surface area contributed by atoms with Crippen molar-refractivity contribution in [2.24, 2.45) is 0 Å². The third-order valence-electron chi connectivity index (χ3n) is 2.67. The number of aromatic nitrogens is 3. The first-order valence-electron chi connectivity index (χ1n) is 5.74. The van der Waals surface area contributed by atoms with E-state index in [2.05, 4.69) is 15.2 Å². The molecule has 4 nitrogen and oxygen atoms in total. The van der Waals surface area contributed by atoms with Gasteiger partial charge in [0.2, 0.25) is 0 Å². The van der Waals surface area contributed by atoms with Crippen molar-refractivity contribution in [1.82, 2.24) is 20.1 Å². The number of hydrogen-bond donors (Lipinski definition) is 1. The minimum absolute atomic E-state index is 0.240. The van der Waals surface area contributed by atoms with E-state index in [1.807, 2.05) is 0 Å². The minimum atomic E-state index is -4.69. The lowest BCUT2D eigenvalue weighted by atomic mass is 10.1. The Balaban J connectivity index is 2.10. The Labute approximate surface area is 112 Å². The summed E-state index contributed by atoms with van der Waals surface area (Å²) in [5, 5.41) is 6.33. The highest BCUT2D eigenvalue weighted by atomic mass is 19.4. The molecule has 0 bridgehead atoms. The number of nitrogens with one attached hydrogen (secondary N) is 1. The average molecular weight is 288 g/mol. The molecule has 20 heavy (non-hydrogen) atoms. The maximum atomic E-state index is 13.2. The number of halogens is 4. The summed E-state index contributed by atoms with van der Waals surface area (Å²) in [7, 11) is 1.72. The van der Waals surface area contributed by atoms with Crippen molar-refractivity contribution in [2.75, 3.05) is 7.05 Å². The first-order valence-corrected chi connectivity index (χ1v) is 5.74. The first-order chi connectivity index (χ1) is 9.36. The van der Waals surface area contributed by atoms with Gasteiger partial charge in [-0.1, -0.05) is 6.07 Å². The molecule has 1 aromatic carbocycles. The maximum absolute atomic E-state index is 13.2. The molecule has 0 saturated heterocycles. The van der Waals surface area contributed by atoms with Gasteiger partial charge in [-0.05, 0) is 24.7 Å². The van der Waals surface area contributed by atoms with Crippen LogP contribution < -0.4 is 0 Å². The zero-order chi connectivity index (χ0) is 14.8. The number of benzene rings is 1. The molecular formula is C12H12F4N4. The van der Waals surface area contributed by atoms with Crippen LogP contribution in [0.5, 0.6) is 0 Å². The second kappa shape index (κ2) is 5.58. The molecule has 0 amide bonds. The van der Waals surface area contributed by atoms with Crippen LogP contribution in [0.25, 0.3) is 0 Å². The van der Waals surface area contributed by atoms with Crippen molar-refractivity contribution >= 4 is 0 Å². The number of rotatable bonds is 4. The molecule has 8 heteroatoms. The summed E-state index contributed by atoms with van der Waals surface area (Å²) < 4.78 is 50.9. The smallest absolute Gasteiger partial charge is 0.295 e. The van der Waals surface area contributed by atoms with E-state index in [0.29, 0.717) is 17.9 Å². The molecule has 0 spiro atoms. The third-order valence-corrected chi connectivity index (χ3v) is 2.67. The van der Waals surface area contributed by atoms with Crippen molar-refractivity contribution in [3.8, 4) is 0 Å². The van der Waals surface area contributed by atoms with Gasteiger partial charge in [0.1, 0.15) is 18.0 Å². The summed E-state index contributed by atoms with van der Waals surface area (Å²) in [6.07, 6.45) is -3.34. The van der Waals surface area contributed by atoms with E-state index in [-0.39, 0.29) is 6.54 Å². The Morgan fingerprint density at radius 2 is 2.00 bits per heavy atom. The molecule has 1 heterocycles. The number of hydrogen-bond acceptors (Lipinski definition) is 3. The van der Waals surface area contributed by atoms with Crippen LogP contribution in [-0.4, -0.2) is 27.1 Å². The largest absolute Gasteiger partial charge is 0.419 e. The summed E-state index contributed by atoms with van der Waals surface area (Å²) in [5.74, 6) is -0.662. The molecular weight excluding hydrogens is 276 g/mol. The highest BCUT2D eigenvalue weighted by Crippen LogP contribution is 2.32. The molecule has 0 fully saturated rings. The molecule has 0 atom stereocenters. The fraction of sp³-hybridized carbons (Fsp3) is 0.333. The molecule has 0 aliphatic heterocycles. The standard InChI is InChI=1S/C12H12F4N4/c1-20(6-11-17-7-18-19-11)5-8-2-3-10(13)9(4-8)12(14,15)16/h2-4,7H,5-6H2,1H3,(H,17,18,19). The SMILES string of the molecule is CN(Cc1ccc(F)c(C(F)(F)F)c1)Cc1ncn[nH]1. The van der Waals surface area contributed by atoms with Gasteiger partial charge in [0.15, 0.2) is 0 Å². The lowest BCUT2D eigenvalue weighted by Crippen LogP contribution is -2.19. The van der Waals surface area contributed by atoms with Gasteiger partial charge >= 0.3 is 6.18 Å². The highest BCUT2D eigenvalue weighted by Gasteiger charge is 2.34. The Hall–Kier alpha value is -1.96. The van der Waals surface area contributed by atoms with Crippen LogP contribution in [0.2, 0.25) is 0 Å². The zero-order valence-corrected chi connectivity index (χ0v) is 10.6. The summed E-state index contributed by atoms with van der Waals surface area (Å²) in [4.78, 5) is 5.66. The summed E-state index contributed by atoms with van der Waals surface area (Å²) >= 11 is 0. The molecule has 0 aliphatic carbocycles. The lowest BCUT2D eigenvalue weighted by molar-refractivity contribution is -0.140. The van der Waals surface area contributed by atoms with Gasteiger partial charge in [0.05, 0.1) is 12.1 Å². The number of aromatic amines is 1. The van der Waals surface area contributed by atoms with E-state index in [0.717, 1.165) is 12.1 Å². The topological polar surface area (TPSA) is 44.8 Å². The van der Waals surface area contributed by atoms with Crippen LogP contribution in [0.1, 0.15) is 17.0 Å². The van der Waals surface area contributed by atoms with E-state index < -0.39 is 17.6 Å². The van der Waals surface area contributed by atoms with Gasteiger partial charge < -0.3 is 0 Å². The Morgan fingerprint density at radius 3 is 2.60 bits per heavy atom. The normalized spacial score (nSPS) is 12.1. The molecule has 2 aromatic rings. The van der Waals surface area contributed by atoms with Gasteiger partial charge in [-0.3, -0.25) is 10.00 Å². The van der Waals surface area contributed by atoms with Crippen LogP contribution in [0, 0.1) is 5.82 Å². The Morgan fingerprint density at radius 1 is 1.25 bits per heavy atom. The number of alkyl halides is 3. The van der Waals surface area contributed by atoms with E-state index in [9.17, 15) is 17.6 Å². The van der Waals surface area contributed by atoms with Crippen molar-refractivity contribution in [3.63, 3.8) is 0 Å². The minimum Gasteiger partial charge on any atom is -0.295 e. The van der Waals surface area contributed by atoms with E-state index in [1.165, 1.54) is 12.4 Å². The Kier molecular flexibility index (Phi) is 4.03. The van der Waals surface area contributed by atoms with E-state index >= 15 is 0 Å². The maximum Gasteiger partial charge on any atom is 0.419 e. The van der Waals surface area contributed by atoms with Crippen LogP contribution in [0.4, 0.5) is 17.6 Å². The second-order valence-electron chi connectivity index (χ2n) is 4.42. The van der Waals surface area contributed by atoms with Gasteiger partial charge in [-0.2, -0.15) is 18.3 Å². The third kappa shape index (κ3) is 3.53. The predicted molar refractivity (Wildman–Crippen MR) is 63.0 cm³/mol. The van der Waals surface area contributed by atoms with Crippen molar-refractivity contribution in [3.05, 3.63) is 47.3 Å². The molecule has 0 radical (unpaired) electrons. The first kappa shape index (κ1) is 14.4. The summed E-state index contributed by atoms with van der Waals surface area (Å²) in [6.45, 7) is 0.642. The molecule has 108 valence electrons. The Bertz CT molecular complexity index is 565. The van der Waals surface area contributed by atoms with Crippen LogP contribution in [0.15, 0.2) is 24.5 Å². The van der Waals surface area contributed by atoms with Crippen molar-refractivity contribution in [1.29, 1.82) is 0 Å². The van der Waals surface area contributed by atoms with Gasteiger partial charge in [0, 0.05) is 6.54 Å². The van der Waals surface area contributed by atoms with Crippen LogP contribution in [-0.2, 0) is 19.3 Å². The molecule has 2 rings (SSSR count). The van der Waals surface area contributed by atoms with Crippen LogP contribution in [0.3, 0.4) is 0 Å². The molecule has 0 saturated carbocycles. The molecule has 0 aliphatic rings.